The van der Waals surface area contributed by atoms with Crippen molar-refractivity contribution in [2.24, 2.45) is 0 Å². The Bertz CT molecular complexity index is 397. The molecule has 0 bridgehead atoms. The number of aromatic nitrogens is 1. The number of nitrogens with zero attached hydrogens (tertiary/aromatic N) is 2. The van der Waals surface area contributed by atoms with Crippen LogP contribution in [0.2, 0.25) is 0 Å². The molecule has 82 valence electrons. The maximum absolute atomic E-state index is 12.9. The third-order valence-corrected chi connectivity index (χ3v) is 1.60. The van der Waals surface area contributed by atoms with Gasteiger partial charge >= 0.3 is 5.69 Å². The zero-order chi connectivity index (χ0) is 11.6. The second kappa shape index (κ2) is 4.11. The minimum Gasteiger partial charge on any atom is -0.476 e. The van der Waals surface area contributed by atoms with E-state index in [2.05, 4.69) is 9.72 Å². The van der Waals surface area contributed by atoms with Crippen LogP contribution in [0.5, 0.6) is 5.88 Å². The summed E-state index contributed by atoms with van der Waals surface area (Å²) in [7, 11) is 1.02. The number of nitro groups is 1. The van der Waals surface area contributed by atoms with Gasteiger partial charge in [-0.2, -0.15) is 0 Å². The summed E-state index contributed by atoms with van der Waals surface area (Å²) in [5, 5.41) is 10.4. The maximum atomic E-state index is 12.9. The molecule has 5 nitrogen and oxygen atoms in total. The Morgan fingerprint density at radius 3 is 2.60 bits per heavy atom. The van der Waals surface area contributed by atoms with E-state index >= 15 is 0 Å². The largest absolute Gasteiger partial charge is 0.476 e. The fraction of sp³-hybridized carbons (Fsp3) is 0.286. The number of alkyl halides is 2. The summed E-state index contributed by atoms with van der Waals surface area (Å²) in [6.07, 6.45) is -2.85. The van der Waals surface area contributed by atoms with Crippen LogP contribution in [0.25, 0.3) is 0 Å². The first-order chi connectivity index (χ1) is 6.99. The van der Waals surface area contributed by atoms with Crippen molar-refractivity contribution in [3.63, 3.8) is 0 Å². The summed E-state index contributed by atoms with van der Waals surface area (Å²) >= 11 is 0. The Morgan fingerprint density at radius 1 is 1.60 bits per heavy atom. The molecule has 0 saturated carbocycles. The van der Waals surface area contributed by atoms with Gasteiger partial charge in [0, 0.05) is 0 Å². The zero-order valence-electron chi connectivity index (χ0n) is 7.41. The van der Waals surface area contributed by atoms with E-state index in [1.54, 1.807) is 0 Å². The first-order valence-corrected chi connectivity index (χ1v) is 3.64. The highest BCUT2D eigenvalue weighted by molar-refractivity contribution is 5.49. The number of ether oxygens (including phenoxy) is 1. The Balaban J connectivity index is 3.51. The maximum Gasteiger partial charge on any atom is 0.342 e. The van der Waals surface area contributed by atoms with E-state index in [9.17, 15) is 23.3 Å². The van der Waals surface area contributed by atoms with Gasteiger partial charge in [-0.1, -0.05) is 0 Å². The SMILES string of the molecule is COc1ncc(F)c(C(F)F)c1[N+](=O)[O-]. The van der Waals surface area contributed by atoms with Crippen LogP contribution in [0.15, 0.2) is 6.20 Å². The molecular weight excluding hydrogens is 217 g/mol. The summed E-state index contributed by atoms with van der Waals surface area (Å²) < 4.78 is 41.9. The third-order valence-electron chi connectivity index (χ3n) is 1.60. The number of hydrogen-bond donors (Lipinski definition) is 0. The standard InChI is InChI=1S/C7H5F3N2O3/c1-15-7-5(12(13)14)4(6(9)10)3(8)2-11-7/h2,6H,1H3. The van der Waals surface area contributed by atoms with Gasteiger partial charge in [0.25, 0.3) is 12.3 Å². The Morgan fingerprint density at radius 2 is 2.20 bits per heavy atom. The molecular formula is C7H5F3N2O3. The van der Waals surface area contributed by atoms with Gasteiger partial charge < -0.3 is 4.74 Å². The van der Waals surface area contributed by atoms with Crippen molar-refractivity contribution in [1.29, 1.82) is 0 Å². The summed E-state index contributed by atoms with van der Waals surface area (Å²) in [5.41, 5.74) is -2.46. The lowest BCUT2D eigenvalue weighted by Gasteiger charge is -2.05. The average molecular weight is 222 g/mol. The van der Waals surface area contributed by atoms with Gasteiger partial charge in [-0.05, 0) is 0 Å². The fourth-order valence-electron chi connectivity index (χ4n) is 1.01. The molecule has 0 aliphatic heterocycles. The quantitative estimate of drug-likeness (QED) is 0.580. The lowest BCUT2D eigenvalue weighted by atomic mass is 10.2. The second-order valence-electron chi connectivity index (χ2n) is 2.44. The minimum absolute atomic E-state index is 0.452. The average Bonchev–Trinajstić information content (AvgIpc) is 2.16. The van der Waals surface area contributed by atoms with E-state index in [0.29, 0.717) is 6.20 Å². The number of rotatable bonds is 3. The van der Waals surface area contributed by atoms with Crippen LogP contribution in [-0.2, 0) is 0 Å². The van der Waals surface area contributed by atoms with Crippen molar-refractivity contribution in [1.82, 2.24) is 4.98 Å². The topological polar surface area (TPSA) is 65.3 Å². The number of halogens is 3. The predicted molar refractivity (Wildman–Crippen MR) is 42.4 cm³/mol. The Labute approximate surface area is 81.6 Å². The molecule has 0 N–H and O–H groups in total. The summed E-state index contributed by atoms with van der Waals surface area (Å²) in [5.74, 6) is -2.07. The molecule has 0 aliphatic carbocycles. The lowest BCUT2D eigenvalue weighted by molar-refractivity contribution is -0.387. The molecule has 1 aromatic heterocycles. The van der Waals surface area contributed by atoms with Crippen molar-refractivity contribution >= 4 is 5.69 Å². The van der Waals surface area contributed by atoms with Gasteiger partial charge in [0.05, 0.1) is 18.2 Å². The molecule has 1 heterocycles. The fourth-order valence-corrected chi connectivity index (χ4v) is 1.01. The van der Waals surface area contributed by atoms with E-state index in [0.717, 1.165) is 7.11 Å². The van der Waals surface area contributed by atoms with Crippen LogP contribution in [0, 0.1) is 15.9 Å². The van der Waals surface area contributed by atoms with E-state index in [4.69, 9.17) is 0 Å². The highest BCUT2D eigenvalue weighted by Gasteiger charge is 2.31. The van der Waals surface area contributed by atoms with Crippen LogP contribution >= 0.6 is 0 Å². The van der Waals surface area contributed by atoms with Crippen molar-refractivity contribution in [2.45, 2.75) is 6.43 Å². The molecule has 15 heavy (non-hydrogen) atoms. The van der Waals surface area contributed by atoms with Gasteiger partial charge in [0.1, 0.15) is 5.56 Å². The van der Waals surface area contributed by atoms with Crippen LogP contribution in [0.1, 0.15) is 12.0 Å². The minimum atomic E-state index is -3.30. The van der Waals surface area contributed by atoms with Gasteiger partial charge in [0.15, 0.2) is 5.82 Å². The van der Waals surface area contributed by atoms with Crippen LogP contribution in [0.3, 0.4) is 0 Å². The molecule has 0 atom stereocenters. The first-order valence-electron chi connectivity index (χ1n) is 3.64. The van der Waals surface area contributed by atoms with E-state index in [1.807, 2.05) is 0 Å². The number of pyridine rings is 1. The smallest absolute Gasteiger partial charge is 0.342 e. The van der Waals surface area contributed by atoms with Crippen molar-refractivity contribution in [2.75, 3.05) is 7.11 Å². The van der Waals surface area contributed by atoms with Crippen molar-refractivity contribution in [3.05, 3.63) is 27.7 Å². The molecule has 0 aliphatic rings. The Kier molecular flexibility index (Phi) is 3.08. The van der Waals surface area contributed by atoms with E-state index in [1.165, 1.54) is 0 Å². The highest BCUT2D eigenvalue weighted by Crippen LogP contribution is 2.36. The molecule has 0 unspecified atom stereocenters. The molecule has 0 saturated heterocycles. The second-order valence-corrected chi connectivity index (χ2v) is 2.44. The van der Waals surface area contributed by atoms with Crippen LogP contribution in [-0.4, -0.2) is 17.0 Å². The number of hydrogen-bond acceptors (Lipinski definition) is 4. The molecule has 0 aromatic carbocycles. The zero-order valence-corrected chi connectivity index (χ0v) is 7.41. The molecule has 0 radical (unpaired) electrons. The summed E-state index contributed by atoms with van der Waals surface area (Å²) in [4.78, 5) is 12.5. The molecule has 1 aromatic rings. The van der Waals surface area contributed by atoms with Gasteiger partial charge in [-0.15, -0.1) is 0 Å². The number of methoxy groups -OCH3 is 1. The molecule has 0 spiro atoms. The van der Waals surface area contributed by atoms with Gasteiger partial charge in [-0.3, -0.25) is 10.1 Å². The van der Waals surface area contributed by atoms with Crippen LogP contribution < -0.4 is 4.74 Å². The van der Waals surface area contributed by atoms with E-state index in [-0.39, 0.29) is 0 Å². The van der Waals surface area contributed by atoms with Crippen molar-refractivity contribution in [3.8, 4) is 5.88 Å². The summed E-state index contributed by atoms with van der Waals surface area (Å²) in [6, 6.07) is 0. The predicted octanol–water partition coefficient (Wildman–Crippen LogP) is 2.08. The van der Waals surface area contributed by atoms with Crippen LogP contribution in [0.4, 0.5) is 18.9 Å². The van der Waals surface area contributed by atoms with Crippen molar-refractivity contribution < 1.29 is 22.8 Å². The Hall–Kier alpha value is -1.86. The lowest BCUT2D eigenvalue weighted by Crippen LogP contribution is -2.04. The monoisotopic (exact) mass is 222 g/mol. The normalized spacial score (nSPS) is 10.5. The molecule has 8 heteroatoms. The van der Waals surface area contributed by atoms with E-state index < -0.39 is 34.3 Å². The molecule has 0 amide bonds. The third kappa shape index (κ3) is 1.97. The van der Waals surface area contributed by atoms with Gasteiger partial charge in [0.2, 0.25) is 0 Å². The molecule has 0 fully saturated rings. The molecule has 1 rings (SSSR count). The highest BCUT2D eigenvalue weighted by atomic mass is 19.3. The summed E-state index contributed by atoms with van der Waals surface area (Å²) in [6.45, 7) is 0. The van der Waals surface area contributed by atoms with Gasteiger partial charge in [-0.25, -0.2) is 18.2 Å². The first kappa shape index (κ1) is 11.2.